The summed E-state index contributed by atoms with van der Waals surface area (Å²) in [4.78, 5) is 25.9. The zero-order valence-corrected chi connectivity index (χ0v) is 13.0. The highest BCUT2D eigenvalue weighted by atomic mass is 16.5. The van der Waals surface area contributed by atoms with Crippen molar-refractivity contribution in [1.29, 1.82) is 0 Å². The Balaban J connectivity index is 1.50. The average Bonchev–Trinajstić information content (AvgIpc) is 2.89. The smallest absolute Gasteiger partial charge is 0.223 e. The summed E-state index contributed by atoms with van der Waals surface area (Å²) >= 11 is 0. The van der Waals surface area contributed by atoms with Crippen LogP contribution in [0.3, 0.4) is 0 Å². The van der Waals surface area contributed by atoms with Gasteiger partial charge in [0.25, 0.3) is 0 Å². The van der Waals surface area contributed by atoms with Crippen LogP contribution in [-0.2, 0) is 20.7 Å². The van der Waals surface area contributed by atoms with E-state index in [9.17, 15) is 14.7 Å². The number of benzene rings is 1. The maximum atomic E-state index is 12.1. The van der Waals surface area contributed by atoms with Crippen LogP contribution in [0.2, 0.25) is 0 Å². The van der Waals surface area contributed by atoms with Gasteiger partial charge in [-0.15, -0.1) is 0 Å². The Labute approximate surface area is 135 Å². The molecule has 3 rings (SSSR count). The van der Waals surface area contributed by atoms with Crippen molar-refractivity contribution in [3.63, 3.8) is 0 Å². The van der Waals surface area contributed by atoms with Crippen molar-refractivity contribution in [1.82, 2.24) is 10.2 Å². The lowest BCUT2D eigenvalue weighted by Crippen LogP contribution is -2.41. The molecule has 0 radical (unpaired) electrons. The molecule has 124 valence electrons. The minimum absolute atomic E-state index is 0.0178. The molecule has 1 aliphatic heterocycles. The molecule has 0 spiro atoms. The van der Waals surface area contributed by atoms with E-state index in [2.05, 4.69) is 5.32 Å². The van der Waals surface area contributed by atoms with Crippen LogP contribution in [0.4, 0.5) is 0 Å². The fourth-order valence-electron chi connectivity index (χ4n) is 3.18. The molecule has 2 aliphatic rings. The molecular weight excluding hydrogens is 296 g/mol. The molecule has 1 heterocycles. The van der Waals surface area contributed by atoms with E-state index in [1.54, 1.807) is 4.90 Å². The predicted octanol–water partition coefficient (Wildman–Crippen LogP) is 0.400. The van der Waals surface area contributed by atoms with E-state index < -0.39 is 6.10 Å². The molecule has 1 aromatic carbocycles. The quantitative estimate of drug-likeness (QED) is 0.842. The Morgan fingerprint density at radius 1 is 1.22 bits per heavy atom. The van der Waals surface area contributed by atoms with E-state index in [1.807, 2.05) is 24.3 Å². The molecule has 0 bridgehead atoms. The second-order valence-electron chi connectivity index (χ2n) is 6.01. The average molecular weight is 318 g/mol. The summed E-state index contributed by atoms with van der Waals surface area (Å²) in [5.41, 5.74) is 2.03. The van der Waals surface area contributed by atoms with Gasteiger partial charge < -0.3 is 20.1 Å². The fourth-order valence-corrected chi connectivity index (χ4v) is 3.18. The van der Waals surface area contributed by atoms with Crippen molar-refractivity contribution >= 4 is 11.8 Å². The zero-order valence-electron chi connectivity index (χ0n) is 13.0. The number of carbonyl (C=O) groups is 2. The monoisotopic (exact) mass is 318 g/mol. The van der Waals surface area contributed by atoms with Gasteiger partial charge >= 0.3 is 0 Å². The van der Waals surface area contributed by atoms with E-state index in [0.717, 1.165) is 11.1 Å². The van der Waals surface area contributed by atoms with Gasteiger partial charge in [0, 0.05) is 32.4 Å². The van der Waals surface area contributed by atoms with Crippen molar-refractivity contribution in [2.24, 2.45) is 0 Å². The Bertz CT molecular complexity index is 584. The van der Waals surface area contributed by atoms with Crippen LogP contribution in [-0.4, -0.2) is 54.2 Å². The summed E-state index contributed by atoms with van der Waals surface area (Å²) in [5.74, 6) is -0.219. The van der Waals surface area contributed by atoms with Gasteiger partial charge in [0.15, 0.2) is 0 Å². The predicted molar refractivity (Wildman–Crippen MR) is 83.7 cm³/mol. The number of nitrogens with zero attached hydrogens (tertiary/aromatic N) is 1. The number of hydrogen-bond donors (Lipinski definition) is 2. The Kier molecular flexibility index (Phi) is 4.93. The molecule has 1 aromatic rings. The summed E-state index contributed by atoms with van der Waals surface area (Å²) in [6, 6.07) is 7.34. The maximum Gasteiger partial charge on any atom is 0.223 e. The standard InChI is InChI=1S/C17H22N2O4/c20-14-11-12-3-1-2-4-13(12)17(14)18-15(21)5-6-16(22)19-7-9-23-10-8-19/h1-4,14,17,20H,5-11H2,(H,18,21). The highest BCUT2D eigenvalue weighted by Gasteiger charge is 2.31. The van der Waals surface area contributed by atoms with Gasteiger partial charge in [0.05, 0.1) is 25.4 Å². The van der Waals surface area contributed by atoms with E-state index in [-0.39, 0.29) is 30.7 Å². The largest absolute Gasteiger partial charge is 0.390 e. The molecule has 0 aromatic heterocycles. The Morgan fingerprint density at radius 3 is 2.74 bits per heavy atom. The van der Waals surface area contributed by atoms with E-state index in [4.69, 9.17) is 4.74 Å². The minimum atomic E-state index is -0.605. The van der Waals surface area contributed by atoms with Crippen LogP contribution in [0.1, 0.15) is 30.0 Å². The third-order valence-electron chi connectivity index (χ3n) is 4.45. The number of carbonyl (C=O) groups excluding carboxylic acids is 2. The number of rotatable bonds is 4. The minimum Gasteiger partial charge on any atom is -0.390 e. The Morgan fingerprint density at radius 2 is 1.96 bits per heavy atom. The topological polar surface area (TPSA) is 78.9 Å². The van der Waals surface area contributed by atoms with Crippen LogP contribution in [0.15, 0.2) is 24.3 Å². The first kappa shape index (κ1) is 16.0. The van der Waals surface area contributed by atoms with Crippen molar-refractivity contribution in [2.45, 2.75) is 31.4 Å². The maximum absolute atomic E-state index is 12.1. The van der Waals surface area contributed by atoms with Gasteiger partial charge in [0.1, 0.15) is 0 Å². The summed E-state index contributed by atoms with van der Waals surface area (Å²) in [6.45, 7) is 2.30. The summed E-state index contributed by atoms with van der Waals surface area (Å²) < 4.78 is 5.21. The molecule has 1 aliphatic carbocycles. The molecule has 6 nitrogen and oxygen atoms in total. The van der Waals surface area contributed by atoms with Crippen molar-refractivity contribution < 1.29 is 19.4 Å². The van der Waals surface area contributed by atoms with E-state index >= 15 is 0 Å². The van der Waals surface area contributed by atoms with Crippen molar-refractivity contribution in [2.75, 3.05) is 26.3 Å². The highest BCUT2D eigenvalue weighted by molar-refractivity contribution is 5.84. The SMILES string of the molecule is O=C(CCC(=O)N1CCOCC1)NC1c2ccccc2CC1O. The lowest BCUT2D eigenvalue weighted by atomic mass is 10.1. The number of morpholine rings is 1. The first-order chi connectivity index (χ1) is 11.1. The van der Waals surface area contributed by atoms with Gasteiger partial charge in [-0.3, -0.25) is 9.59 Å². The van der Waals surface area contributed by atoms with Gasteiger partial charge in [-0.25, -0.2) is 0 Å². The second kappa shape index (κ2) is 7.10. The summed E-state index contributed by atoms with van der Waals surface area (Å²) in [5, 5.41) is 13.0. The molecule has 2 unspecified atom stereocenters. The lowest BCUT2D eigenvalue weighted by Gasteiger charge is -2.27. The molecule has 1 saturated heterocycles. The van der Waals surface area contributed by atoms with Crippen LogP contribution in [0.5, 0.6) is 0 Å². The number of amides is 2. The normalized spacial score (nSPS) is 23.4. The molecular formula is C17H22N2O4. The van der Waals surface area contributed by atoms with Gasteiger partial charge in [0.2, 0.25) is 11.8 Å². The highest BCUT2D eigenvalue weighted by Crippen LogP contribution is 2.31. The van der Waals surface area contributed by atoms with Crippen molar-refractivity contribution in [3.05, 3.63) is 35.4 Å². The van der Waals surface area contributed by atoms with Crippen LogP contribution < -0.4 is 5.32 Å². The summed E-state index contributed by atoms with van der Waals surface area (Å²) in [6.07, 6.45) is 0.275. The fraction of sp³-hybridized carbons (Fsp3) is 0.529. The zero-order chi connectivity index (χ0) is 16.2. The second-order valence-corrected chi connectivity index (χ2v) is 6.01. The van der Waals surface area contributed by atoms with Crippen molar-refractivity contribution in [3.8, 4) is 0 Å². The van der Waals surface area contributed by atoms with E-state index in [1.165, 1.54) is 0 Å². The molecule has 0 saturated carbocycles. The molecule has 6 heteroatoms. The van der Waals surface area contributed by atoms with E-state index in [0.29, 0.717) is 32.7 Å². The number of fused-ring (bicyclic) bond motifs is 1. The number of aliphatic hydroxyl groups is 1. The molecule has 2 atom stereocenters. The summed E-state index contributed by atoms with van der Waals surface area (Å²) in [7, 11) is 0. The molecule has 1 fully saturated rings. The number of ether oxygens (including phenoxy) is 1. The molecule has 2 N–H and O–H groups in total. The van der Waals surface area contributed by atoms with Gasteiger partial charge in [-0.2, -0.15) is 0 Å². The molecule has 2 amide bonds. The van der Waals surface area contributed by atoms with Crippen LogP contribution in [0, 0.1) is 0 Å². The van der Waals surface area contributed by atoms with Gasteiger partial charge in [-0.05, 0) is 11.1 Å². The number of hydrogen-bond acceptors (Lipinski definition) is 4. The third kappa shape index (κ3) is 3.71. The lowest BCUT2D eigenvalue weighted by molar-refractivity contribution is -0.137. The first-order valence-corrected chi connectivity index (χ1v) is 8.06. The van der Waals surface area contributed by atoms with Crippen LogP contribution >= 0.6 is 0 Å². The number of nitrogens with one attached hydrogen (secondary N) is 1. The number of aliphatic hydroxyl groups excluding tert-OH is 1. The van der Waals surface area contributed by atoms with Crippen LogP contribution in [0.25, 0.3) is 0 Å². The van der Waals surface area contributed by atoms with Gasteiger partial charge in [-0.1, -0.05) is 24.3 Å². The third-order valence-corrected chi connectivity index (χ3v) is 4.45. The first-order valence-electron chi connectivity index (χ1n) is 8.06. The Hall–Kier alpha value is -1.92. The molecule has 23 heavy (non-hydrogen) atoms.